The van der Waals surface area contributed by atoms with Crippen molar-refractivity contribution in [3.8, 4) is 0 Å². The van der Waals surface area contributed by atoms with Gasteiger partial charge >= 0.3 is 0 Å². The molecule has 1 atom stereocenters. The molecule has 0 aromatic carbocycles. The lowest BCUT2D eigenvalue weighted by molar-refractivity contribution is 0.230. The molecule has 0 radical (unpaired) electrons. The standard InChI is InChI=1S/C5H11NO/c1-4(3-6)5(2)7/h5,7H,1,3,6H2,2H3. The van der Waals surface area contributed by atoms with Crippen molar-refractivity contribution in [2.24, 2.45) is 5.73 Å². The van der Waals surface area contributed by atoms with Crippen LogP contribution < -0.4 is 5.73 Å². The maximum Gasteiger partial charge on any atom is 0.0731 e. The molecule has 0 aliphatic carbocycles. The summed E-state index contributed by atoms with van der Waals surface area (Å²) in [5.74, 6) is 0. The molecule has 0 saturated carbocycles. The van der Waals surface area contributed by atoms with E-state index in [9.17, 15) is 0 Å². The Morgan fingerprint density at radius 2 is 2.43 bits per heavy atom. The first-order chi connectivity index (χ1) is 3.18. The Kier molecular flexibility index (Phi) is 2.64. The minimum Gasteiger partial charge on any atom is -0.389 e. The second-order valence-electron chi connectivity index (χ2n) is 1.54. The van der Waals surface area contributed by atoms with Crippen LogP contribution in [0.15, 0.2) is 12.2 Å². The molecule has 0 spiro atoms. The van der Waals surface area contributed by atoms with E-state index in [2.05, 4.69) is 6.58 Å². The van der Waals surface area contributed by atoms with E-state index >= 15 is 0 Å². The van der Waals surface area contributed by atoms with Gasteiger partial charge in [-0.25, -0.2) is 0 Å². The van der Waals surface area contributed by atoms with Gasteiger partial charge in [-0.2, -0.15) is 0 Å². The van der Waals surface area contributed by atoms with E-state index in [1.807, 2.05) is 0 Å². The molecule has 2 heteroatoms. The lowest BCUT2D eigenvalue weighted by Gasteiger charge is -2.02. The van der Waals surface area contributed by atoms with Gasteiger partial charge in [0.2, 0.25) is 0 Å². The molecule has 1 unspecified atom stereocenters. The van der Waals surface area contributed by atoms with Crippen LogP contribution in [0.1, 0.15) is 6.92 Å². The molecule has 0 aromatic rings. The Morgan fingerprint density at radius 3 is 2.43 bits per heavy atom. The minimum atomic E-state index is -0.454. The third-order valence-corrected chi connectivity index (χ3v) is 0.853. The number of rotatable bonds is 2. The molecule has 0 bridgehead atoms. The van der Waals surface area contributed by atoms with Gasteiger partial charge in [-0.3, -0.25) is 0 Å². The fourth-order valence-corrected chi connectivity index (χ4v) is 0.171. The summed E-state index contributed by atoms with van der Waals surface area (Å²) >= 11 is 0. The Labute approximate surface area is 43.6 Å². The van der Waals surface area contributed by atoms with Crippen LogP contribution in [-0.4, -0.2) is 17.8 Å². The first kappa shape index (κ1) is 6.66. The monoisotopic (exact) mass is 101 g/mol. The fourth-order valence-electron chi connectivity index (χ4n) is 0.171. The van der Waals surface area contributed by atoms with E-state index in [1.54, 1.807) is 6.92 Å². The molecule has 3 N–H and O–H groups in total. The Hall–Kier alpha value is -0.340. The molecule has 0 rings (SSSR count). The van der Waals surface area contributed by atoms with E-state index in [0.29, 0.717) is 12.1 Å². The van der Waals surface area contributed by atoms with Crippen LogP contribution in [0.25, 0.3) is 0 Å². The number of aliphatic hydroxyl groups is 1. The lowest BCUT2D eigenvalue weighted by atomic mass is 10.2. The average molecular weight is 101 g/mol. The quantitative estimate of drug-likeness (QED) is 0.476. The molecule has 2 nitrogen and oxygen atoms in total. The van der Waals surface area contributed by atoms with E-state index in [-0.39, 0.29) is 0 Å². The normalized spacial score (nSPS) is 13.6. The maximum absolute atomic E-state index is 8.64. The lowest BCUT2D eigenvalue weighted by Crippen LogP contribution is -2.12. The summed E-state index contributed by atoms with van der Waals surface area (Å²) in [6.45, 7) is 5.52. The van der Waals surface area contributed by atoms with Crippen LogP contribution in [-0.2, 0) is 0 Å². The fraction of sp³-hybridized carbons (Fsp3) is 0.600. The van der Waals surface area contributed by atoms with Gasteiger partial charge in [0.15, 0.2) is 0 Å². The van der Waals surface area contributed by atoms with Crippen LogP contribution in [0.4, 0.5) is 0 Å². The van der Waals surface area contributed by atoms with Gasteiger partial charge in [-0.1, -0.05) is 6.58 Å². The molecule has 0 heterocycles. The van der Waals surface area contributed by atoms with Crippen molar-refractivity contribution in [1.82, 2.24) is 0 Å². The highest BCUT2D eigenvalue weighted by molar-refractivity contribution is 5.00. The smallest absolute Gasteiger partial charge is 0.0731 e. The van der Waals surface area contributed by atoms with Crippen LogP contribution in [0.5, 0.6) is 0 Å². The Bertz CT molecular complexity index is 68.5. The molecular weight excluding hydrogens is 90.1 g/mol. The second kappa shape index (κ2) is 2.77. The van der Waals surface area contributed by atoms with Gasteiger partial charge in [0.1, 0.15) is 0 Å². The summed E-state index contributed by atoms with van der Waals surface area (Å²) < 4.78 is 0. The topological polar surface area (TPSA) is 46.2 Å². The van der Waals surface area contributed by atoms with Crippen LogP contribution in [0, 0.1) is 0 Å². The second-order valence-corrected chi connectivity index (χ2v) is 1.54. The highest BCUT2D eigenvalue weighted by atomic mass is 16.3. The zero-order valence-corrected chi connectivity index (χ0v) is 4.52. The zero-order valence-electron chi connectivity index (χ0n) is 4.52. The first-order valence-corrected chi connectivity index (χ1v) is 2.24. The number of aliphatic hydroxyl groups excluding tert-OH is 1. The molecule has 7 heavy (non-hydrogen) atoms. The third kappa shape index (κ3) is 2.37. The van der Waals surface area contributed by atoms with Gasteiger partial charge < -0.3 is 10.8 Å². The predicted octanol–water partition coefficient (Wildman–Crippen LogP) is -0.118. The largest absolute Gasteiger partial charge is 0.389 e. The van der Waals surface area contributed by atoms with Crippen molar-refractivity contribution in [2.75, 3.05) is 6.54 Å². The molecular formula is C5H11NO. The zero-order chi connectivity index (χ0) is 5.86. The van der Waals surface area contributed by atoms with E-state index in [1.165, 1.54) is 0 Å². The van der Waals surface area contributed by atoms with Gasteiger partial charge in [-0.15, -0.1) is 0 Å². The molecule has 0 aliphatic heterocycles. The predicted molar refractivity (Wildman–Crippen MR) is 29.9 cm³/mol. The SMILES string of the molecule is C=C(CN)C(C)O. The molecule has 0 aliphatic rings. The first-order valence-electron chi connectivity index (χ1n) is 2.24. The Balaban J connectivity index is 3.35. The highest BCUT2D eigenvalue weighted by Crippen LogP contribution is 1.92. The summed E-state index contributed by atoms with van der Waals surface area (Å²) in [6, 6.07) is 0. The van der Waals surface area contributed by atoms with E-state index < -0.39 is 6.10 Å². The summed E-state index contributed by atoms with van der Waals surface area (Å²) in [4.78, 5) is 0. The summed E-state index contributed by atoms with van der Waals surface area (Å²) in [6.07, 6.45) is -0.454. The minimum absolute atomic E-state index is 0.373. The van der Waals surface area contributed by atoms with Gasteiger partial charge in [0.05, 0.1) is 6.10 Å². The number of hydrogen-bond acceptors (Lipinski definition) is 2. The van der Waals surface area contributed by atoms with Gasteiger partial charge in [-0.05, 0) is 12.5 Å². The van der Waals surface area contributed by atoms with Crippen molar-refractivity contribution < 1.29 is 5.11 Å². The Morgan fingerprint density at radius 1 is 2.00 bits per heavy atom. The van der Waals surface area contributed by atoms with Crippen molar-refractivity contribution in [3.63, 3.8) is 0 Å². The van der Waals surface area contributed by atoms with Crippen molar-refractivity contribution >= 4 is 0 Å². The number of hydrogen-bond donors (Lipinski definition) is 2. The molecule has 0 amide bonds. The van der Waals surface area contributed by atoms with Crippen molar-refractivity contribution in [1.29, 1.82) is 0 Å². The summed E-state index contributed by atoms with van der Waals surface area (Å²) in [7, 11) is 0. The average Bonchev–Trinajstić information content (AvgIpc) is 1.65. The maximum atomic E-state index is 8.64. The van der Waals surface area contributed by atoms with Crippen molar-refractivity contribution in [3.05, 3.63) is 12.2 Å². The molecule has 0 saturated heterocycles. The molecule has 0 fully saturated rings. The van der Waals surface area contributed by atoms with E-state index in [0.717, 1.165) is 0 Å². The third-order valence-electron chi connectivity index (χ3n) is 0.853. The van der Waals surface area contributed by atoms with Crippen molar-refractivity contribution in [2.45, 2.75) is 13.0 Å². The molecule has 42 valence electrons. The van der Waals surface area contributed by atoms with Gasteiger partial charge in [0, 0.05) is 6.54 Å². The van der Waals surface area contributed by atoms with Crippen LogP contribution >= 0.6 is 0 Å². The molecule has 0 aromatic heterocycles. The van der Waals surface area contributed by atoms with Crippen LogP contribution in [0.2, 0.25) is 0 Å². The van der Waals surface area contributed by atoms with Gasteiger partial charge in [0.25, 0.3) is 0 Å². The summed E-state index contributed by atoms with van der Waals surface area (Å²) in [5, 5.41) is 8.64. The van der Waals surface area contributed by atoms with Crippen LogP contribution in [0.3, 0.4) is 0 Å². The van der Waals surface area contributed by atoms with E-state index in [4.69, 9.17) is 10.8 Å². The highest BCUT2D eigenvalue weighted by Gasteiger charge is 1.95. The summed E-state index contributed by atoms with van der Waals surface area (Å²) in [5.41, 5.74) is 5.79. The number of nitrogens with two attached hydrogens (primary N) is 1.